The maximum atomic E-state index is 12.7. The molecule has 1 unspecified atom stereocenters. The van der Waals surface area contributed by atoms with Crippen molar-refractivity contribution in [3.8, 4) is 0 Å². The topological polar surface area (TPSA) is 129 Å². The molecule has 2 fully saturated rings. The lowest BCUT2D eigenvalue weighted by Gasteiger charge is -2.20. The van der Waals surface area contributed by atoms with Gasteiger partial charge in [0, 0.05) is 37.5 Å². The average Bonchev–Trinajstić information content (AvgIpc) is 3.30. The smallest absolute Gasteiger partial charge is 0.239 e. The molecule has 33 heavy (non-hydrogen) atoms. The zero-order chi connectivity index (χ0) is 24.1. The Kier molecular flexibility index (Phi) is 12.7. The van der Waals surface area contributed by atoms with Gasteiger partial charge in [0.15, 0.2) is 0 Å². The van der Waals surface area contributed by atoms with E-state index in [1.807, 2.05) is 0 Å². The molecular weight excluding hydrogens is 420 g/mol. The van der Waals surface area contributed by atoms with E-state index in [9.17, 15) is 14.4 Å². The van der Waals surface area contributed by atoms with E-state index >= 15 is 0 Å². The van der Waals surface area contributed by atoms with Crippen LogP contribution in [0, 0.1) is 5.92 Å². The van der Waals surface area contributed by atoms with Crippen molar-refractivity contribution in [3.63, 3.8) is 0 Å². The van der Waals surface area contributed by atoms with Gasteiger partial charge in [-0.3, -0.25) is 14.4 Å². The highest BCUT2D eigenvalue weighted by Crippen LogP contribution is 2.22. The van der Waals surface area contributed by atoms with Crippen molar-refractivity contribution >= 4 is 17.7 Å². The molecule has 190 valence electrons. The van der Waals surface area contributed by atoms with Crippen LogP contribution in [-0.2, 0) is 14.4 Å². The predicted octanol–water partition coefficient (Wildman–Crippen LogP) is 1.88. The Morgan fingerprint density at radius 3 is 2.30 bits per heavy atom. The standard InChI is InChI=1S/C24H46N6O3/c1-18(2)30-17-20(28-29-30)14-15-22(31)26-16-10-9-13-21(23(25)32)27-24(33)19-11-7-5-3-4-6-8-12-19/h18-21,28-29H,3-17H2,1-2H3,(H2,25,32)(H,26,31)(H,27,33)/t20?,21-/m0/s1. The van der Waals surface area contributed by atoms with E-state index in [4.69, 9.17) is 5.73 Å². The van der Waals surface area contributed by atoms with Crippen LogP contribution in [0.2, 0.25) is 0 Å². The Labute approximate surface area is 199 Å². The molecule has 0 aromatic carbocycles. The van der Waals surface area contributed by atoms with E-state index in [-0.39, 0.29) is 23.8 Å². The molecule has 2 atom stereocenters. The van der Waals surface area contributed by atoms with Crippen LogP contribution < -0.4 is 27.3 Å². The molecule has 1 aliphatic heterocycles. The predicted molar refractivity (Wildman–Crippen MR) is 130 cm³/mol. The first-order valence-corrected chi connectivity index (χ1v) is 13.0. The zero-order valence-corrected chi connectivity index (χ0v) is 20.7. The summed E-state index contributed by atoms with van der Waals surface area (Å²) in [7, 11) is 0. The van der Waals surface area contributed by atoms with Gasteiger partial charge < -0.3 is 16.4 Å². The fourth-order valence-corrected chi connectivity index (χ4v) is 4.57. The molecule has 6 N–H and O–H groups in total. The van der Waals surface area contributed by atoms with Gasteiger partial charge in [-0.25, -0.2) is 10.4 Å². The highest BCUT2D eigenvalue weighted by atomic mass is 16.2. The molecular formula is C24H46N6O3. The normalized spacial score (nSPS) is 21.7. The minimum Gasteiger partial charge on any atom is -0.368 e. The molecule has 1 aliphatic carbocycles. The fraction of sp³-hybridized carbons (Fsp3) is 0.875. The number of amides is 3. The number of nitrogens with zero attached hydrogens (tertiary/aromatic N) is 1. The molecule has 3 amide bonds. The maximum Gasteiger partial charge on any atom is 0.239 e. The van der Waals surface area contributed by atoms with E-state index in [1.54, 1.807) is 0 Å². The lowest BCUT2D eigenvalue weighted by molar-refractivity contribution is -0.130. The minimum absolute atomic E-state index is 0.0126. The number of hydrogen-bond acceptors (Lipinski definition) is 6. The molecule has 2 aliphatic rings. The first-order chi connectivity index (χ1) is 15.9. The number of primary amides is 1. The van der Waals surface area contributed by atoms with Crippen molar-refractivity contribution in [2.75, 3.05) is 13.1 Å². The molecule has 0 aromatic heterocycles. The summed E-state index contributed by atoms with van der Waals surface area (Å²) >= 11 is 0. The average molecular weight is 467 g/mol. The Bertz CT molecular complexity index is 605. The monoisotopic (exact) mass is 466 g/mol. The van der Waals surface area contributed by atoms with Gasteiger partial charge in [-0.1, -0.05) is 38.5 Å². The summed E-state index contributed by atoms with van der Waals surface area (Å²) in [5.74, 6) is -0.482. The van der Waals surface area contributed by atoms with Gasteiger partial charge in [0.25, 0.3) is 0 Å². The van der Waals surface area contributed by atoms with Crippen molar-refractivity contribution in [2.24, 2.45) is 11.7 Å². The summed E-state index contributed by atoms with van der Waals surface area (Å²) in [5, 5.41) is 7.97. The maximum absolute atomic E-state index is 12.7. The number of hydrogen-bond donors (Lipinski definition) is 5. The largest absolute Gasteiger partial charge is 0.368 e. The molecule has 9 nitrogen and oxygen atoms in total. The number of unbranched alkanes of at least 4 members (excludes halogenated alkanes) is 1. The van der Waals surface area contributed by atoms with Crippen molar-refractivity contribution in [1.29, 1.82) is 0 Å². The second kappa shape index (κ2) is 15.2. The highest BCUT2D eigenvalue weighted by molar-refractivity contribution is 5.87. The van der Waals surface area contributed by atoms with Gasteiger partial charge in [0.2, 0.25) is 17.7 Å². The number of carbonyl (C=O) groups is 3. The van der Waals surface area contributed by atoms with Crippen molar-refractivity contribution in [2.45, 2.75) is 115 Å². The van der Waals surface area contributed by atoms with Crippen LogP contribution in [0.3, 0.4) is 0 Å². The molecule has 2 rings (SSSR count). The fourth-order valence-electron chi connectivity index (χ4n) is 4.57. The number of nitrogens with one attached hydrogen (secondary N) is 4. The first-order valence-electron chi connectivity index (χ1n) is 13.0. The molecule has 1 saturated heterocycles. The van der Waals surface area contributed by atoms with Crippen molar-refractivity contribution in [1.82, 2.24) is 26.6 Å². The lowest BCUT2D eigenvalue weighted by atomic mass is 9.95. The van der Waals surface area contributed by atoms with Gasteiger partial charge in [0.1, 0.15) is 6.04 Å². The van der Waals surface area contributed by atoms with Gasteiger partial charge in [-0.05, 0) is 52.4 Å². The van der Waals surface area contributed by atoms with Crippen LogP contribution in [0.25, 0.3) is 0 Å². The van der Waals surface area contributed by atoms with Gasteiger partial charge in [-0.2, -0.15) is 5.53 Å². The number of hydrazine groups is 2. The Hall–Kier alpha value is -1.71. The minimum atomic E-state index is -0.634. The molecule has 1 saturated carbocycles. The summed E-state index contributed by atoms with van der Waals surface area (Å²) in [5.41, 5.74) is 11.9. The second-order valence-electron chi connectivity index (χ2n) is 9.94. The highest BCUT2D eigenvalue weighted by Gasteiger charge is 2.25. The zero-order valence-electron chi connectivity index (χ0n) is 20.7. The third-order valence-electron chi connectivity index (χ3n) is 6.80. The molecule has 0 bridgehead atoms. The Balaban J connectivity index is 1.60. The molecule has 9 heteroatoms. The Morgan fingerprint density at radius 2 is 1.70 bits per heavy atom. The molecule has 0 radical (unpaired) electrons. The second-order valence-corrected chi connectivity index (χ2v) is 9.94. The van der Waals surface area contributed by atoms with Crippen LogP contribution in [0.4, 0.5) is 0 Å². The van der Waals surface area contributed by atoms with Gasteiger partial charge >= 0.3 is 0 Å². The summed E-state index contributed by atoms with van der Waals surface area (Å²) < 4.78 is 0. The van der Waals surface area contributed by atoms with Crippen molar-refractivity contribution < 1.29 is 14.4 Å². The van der Waals surface area contributed by atoms with Crippen molar-refractivity contribution in [3.05, 3.63) is 0 Å². The van der Waals surface area contributed by atoms with E-state index in [2.05, 4.69) is 40.5 Å². The third-order valence-corrected chi connectivity index (χ3v) is 6.80. The summed E-state index contributed by atoms with van der Waals surface area (Å²) in [6.07, 6.45) is 12.0. The molecule has 0 spiro atoms. The number of rotatable bonds is 12. The van der Waals surface area contributed by atoms with Crippen LogP contribution in [0.1, 0.15) is 97.3 Å². The Morgan fingerprint density at radius 1 is 1.03 bits per heavy atom. The lowest BCUT2D eigenvalue weighted by Crippen LogP contribution is -2.46. The molecule has 0 aromatic rings. The summed E-state index contributed by atoms with van der Waals surface area (Å²) in [6, 6.07) is 0.0394. The molecule has 1 heterocycles. The van der Waals surface area contributed by atoms with E-state index in [0.29, 0.717) is 25.4 Å². The number of carbonyl (C=O) groups excluding carboxylic acids is 3. The van der Waals surface area contributed by atoms with Crippen LogP contribution in [-0.4, -0.2) is 53.9 Å². The third kappa shape index (κ3) is 10.8. The van der Waals surface area contributed by atoms with Gasteiger partial charge in [0.05, 0.1) is 0 Å². The SMILES string of the molecule is CC(C)N1CC(CCC(=O)NCCCC[C@H](NC(=O)C2CCCCCCCC2)C(N)=O)NN1. The van der Waals surface area contributed by atoms with Gasteiger partial charge in [-0.15, -0.1) is 0 Å². The van der Waals surface area contributed by atoms with E-state index < -0.39 is 11.9 Å². The summed E-state index contributed by atoms with van der Waals surface area (Å²) in [6.45, 7) is 5.69. The first kappa shape index (κ1) is 27.5. The quantitative estimate of drug-likeness (QED) is 0.279. The summed E-state index contributed by atoms with van der Waals surface area (Å²) in [4.78, 5) is 36.7. The van der Waals surface area contributed by atoms with E-state index in [0.717, 1.165) is 51.5 Å². The van der Waals surface area contributed by atoms with Crippen LogP contribution in [0.5, 0.6) is 0 Å². The van der Waals surface area contributed by atoms with Crippen LogP contribution >= 0.6 is 0 Å². The van der Waals surface area contributed by atoms with Crippen LogP contribution in [0.15, 0.2) is 0 Å². The van der Waals surface area contributed by atoms with E-state index in [1.165, 1.54) is 25.7 Å². The number of nitrogens with two attached hydrogens (primary N) is 1.